The van der Waals surface area contributed by atoms with Gasteiger partial charge < -0.3 is 16.6 Å². The number of carbonyl (C=O) groups excluding carboxylic acids is 1. The zero-order valence-corrected chi connectivity index (χ0v) is 13.1. The quantitative estimate of drug-likeness (QED) is 0.632. The minimum absolute atomic E-state index is 0.201. The number of aryl methyl sites for hydroxylation is 1. The number of hydrogen-bond donors (Lipinski definition) is 3. The maximum absolute atomic E-state index is 11.9. The fraction of sp³-hybridized carbons (Fsp3) is 0.118. The van der Waals surface area contributed by atoms with Crippen LogP contribution in [0.2, 0.25) is 0 Å². The number of benzene rings is 2. The van der Waals surface area contributed by atoms with Crippen molar-refractivity contribution in [2.45, 2.75) is 13.8 Å². The van der Waals surface area contributed by atoms with E-state index >= 15 is 0 Å². The highest BCUT2D eigenvalue weighted by Gasteiger charge is 2.20. The third kappa shape index (κ3) is 2.02. The van der Waals surface area contributed by atoms with Gasteiger partial charge in [-0.05, 0) is 54.1 Å². The number of nitrogen functional groups attached to an aromatic ring is 1. The SMILES string of the molecule is Cc1ccc(O)c(C)c1-c1cc2sccc2c(C(N)=O)c1N. The lowest BCUT2D eigenvalue weighted by molar-refractivity contribution is 0.100. The van der Waals surface area contributed by atoms with Crippen molar-refractivity contribution in [3.8, 4) is 16.9 Å². The zero-order valence-electron chi connectivity index (χ0n) is 12.3. The summed E-state index contributed by atoms with van der Waals surface area (Å²) in [5, 5.41) is 12.7. The molecule has 4 nitrogen and oxygen atoms in total. The van der Waals surface area contributed by atoms with Crippen LogP contribution in [0.15, 0.2) is 29.6 Å². The molecule has 112 valence electrons. The molecule has 1 heterocycles. The number of hydrogen-bond acceptors (Lipinski definition) is 4. The standard InChI is InChI=1S/C17H16N2O2S/c1-8-3-4-12(20)9(2)14(8)11-7-13-10(5-6-22-13)15(16(11)18)17(19)21/h3-7,20H,18H2,1-2H3,(H2,19,21). The van der Waals surface area contributed by atoms with Crippen molar-refractivity contribution in [1.82, 2.24) is 0 Å². The van der Waals surface area contributed by atoms with Gasteiger partial charge in [-0.15, -0.1) is 11.3 Å². The Balaban J connectivity index is 2.45. The fourth-order valence-corrected chi connectivity index (χ4v) is 3.68. The second-order valence-corrected chi connectivity index (χ2v) is 6.26. The number of carbonyl (C=O) groups is 1. The van der Waals surface area contributed by atoms with Gasteiger partial charge in [-0.25, -0.2) is 0 Å². The Hall–Kier alpha value is -2.53. The lowest BCUT2D eigenvalue weighted by Crippen LogP contribution is -2.14. The van der Waals surface area contributed by atoms with E-state index in [-0.39, 0.29) is 5.75 Å². The molecule has 0 saturated carbocycles. The maximum Gasteiger partial charge on any atom is 0.251 e. The third-order valence-corrected chi connectivity index (χ3v) is 4.82. The molecule has 0 radical (unpaired) electrons. The van der Waals surface area contributed by atoms with E-state index in [4.69, 9.17) is 11.5 Å². The van der Waals surface area contributed by atoms with E-state index in [2.05, 4.69) is 0 Å². The number of amides is 1. The summed E-state index contributed by atoms with van der Waals surface area (Å²) in [7, 11) is 0. The van der Waals surface area contributed by atoms with Crippen LogP contribution in [0.4, 0.5) is 5.69 Å². The van der Waals surface area contributed by atoms with E-state index in [1.54, 1.807) is 6.07 Å². The predicted octanol–water partition coefficient (Wildman–Crippen LogP) is 3.57. The number of nitrogens with two attached hydrogens (primary N) is 2. The summed E-state index contributed by atoms with van der Waals surface area (Å²) in [6.45, 7) is 3.78. The van der Waals surface area contributed by atoms with Gasteiger partial charge in [0.2, 0.25) is 0 Å². The van der Waals surface area contributed by atoms with Gasteiger partial charge in [-0.1, -0.05) is 6.07 Å². The molecule has 1 amide bonds. The molecule has 0 bridgehead atoms. The number of primary amides is 1. The number of thiophene rings is 1. The van der Waals surface area contributed by atoms with Gasteiger partial charge in [0.1, 0.15) is 5.75 Å². The number of aromatic hydroxyl groups is 1. The van der Waals surface area contributed by atoms with Gasteiger partial charge >= 0.3 is 0 Å². The Morgan fingerprint density at radius 3 is 2.64 bits per heavy atom. The summed E-state index contributed by atoms with van der Waals surface area (Å²) < 4.78 is 0.945. The minimum atomic E-state index is -0.543. The average molecular weight is 312 g/mol. The Morgan fingerprint density at radius 2 is 1.95 bits per heavy atom. The van der Waals surface area contributed by atoms with Gasteiger partial charge in [-0.2, -0.15) is 0 Å². The zero-order chi connectivity index (χ0) is 16.0. The second kappa shape index (κ2) is 5.03. The highest BCUT2D eigenvalue weighted by Crippen LogP contribution is 2.41. The van der Waals surface area contributed by atoms with Crippen molar-refractivity contribution in [1.29, 1.82) is 0 Å². The van der Waals surface area contributed by atoms with Crippen LogP contribution in [0, 0.1) is 13.8 Å². The summed E-state index contributed by atoms with van der Waals surface area (Å²) >= 11 is 1.53. The lowest BCUT2D eigenvalue weighted by atomic mass is 9.91. The van der Waals surface area contributed by atoms with Crippen molar-refractivity contribution < 1.29 is 9.90 Å². The number of fused-ring (bicyclic) bond motifs is 1. The maximum atomic E-state index is 11.9. The molecule has 0 aliphatic carbocycles. The number of phenolic OH excluding ortho intramolecular Hbond substituents is 1. The predicted molar refractivity (Wildman–Crippen MR) is 91.3 cm³/mol. The molecule has 5 heteroatoms. The highest BCUT2D eigenvalue weighted by molar-refractivity contribution is 7.17. The molecule has 0 spiro atoms. The van der Waals surface area contributed by atoms with Crippen LogP contribution in [-0.4, -0.2) is 11.0 Å². The van der Waals surface area contributed by atoms with Gasteiger partial charge in [-0.3, -0.25) is 4.79 Å². The molecule has 0 aliphatic heterocycles. The summed E-state index contributed by atoms with van der Waals surface area (Å²) in [6.07, 6.45) is 0. The van der Waals surface area contributed by atoms with Crippen molar-refractivity contribution in [3.05, 3.63) is 46.3 Å². The van der Waals surface area contributed by atoms with Gasteiger partial charge in [0, 0.05) is 15.6 Å². The molecule has 3 aromatic rings. The number of rotatable bonds is 2. The molecule has 1 aromatic heterocycles. The molecule has 0 fully saturated rings. The van der Waals surface area contributed by atoms with Crippen molar-refractivity contribution in [2.75, 3.05) is 5.73 Å². The number of phenols is 1. The van der Waals surface area contributed by atoms with Crippen molar-refractivity contribution in [2.24, 2.45) is 5.73 Å². The normalized spacial score (nSPS) is 11.0. The van der Waals surface area contributed by atoms with Gasteiger partial charge in [0.25, 0.3) is 5.91 Å². The first-order valence-electron chi connectivity index (χ1n) is 6.80. The molecule has 22 heavy (non-hydrogen) atoms. The molecule has 0 unspecified atom stereocenters. The molecule has 3 rings (SSSR count). The van der Waals surface area contributed by atoms with Crippen LogP contribution in [0.25, 0.3) is 21.2 Å². The van der Waals surface area contributed by atoms with Crippen LogP contribution in [0.5, 0.6) is 5.75 Å². The van der Waals surface area contributed by atoms with Crippen LogP contribution in [-0.2, 0) is 0 Å². The molecule has 0 saturated heterocycles. The first-order valence-corrected chi connectivity index (χ1v) is 7.68. The van der Waals surface area contributed by atoms with Crippen LogP contribution >= 0.6 is 11.3 Å². The Labute approximate surface area is 132 Å². The van der Waals surface area contributed by atoms with Crippen molar-refractivity contribution in [3.63, 3.8) is 0 Å². The summed E-state index contributed by atoms with van der Waals surface area (Å²) in [5.41, 5.74) is 15.8. The summed E-state index contributed by atoms with van der Waals surface area (Å²) in [5.74, 6) is -0.342. The largest absolute Gasteiger partial charge is 0.508 e. The van der Waals surface area contributed by atoms with Gasteiger partial charge in [0.05, 0.1) is 11.3 Å². The Bertz CT molecular complexity index is 913. The minimum Gasteiger partial charge on any atom is -0.508 e. The van der Waals surface area contributed by atoms with E-state index in [9.17, 15) is 9.90 Å². The van der Waals surface area contributed by atoms with Gasteiger partial charge in [0.15, 0.2) is 0 Å². The average Bonchev–Trinajstić information content (AvgIpc) is 2.91. The van der Waals surface area contributed by atoms with E-state index in [1.165, 1.54) is 11.3 Å². The van der Waals surface area contributed by atoms with E-state index in [1.807, 2.05) is 37.4 Å². The monoisotopic (exact) mass is 312 g/mol. The van der Waals surface area contributed by atoms with E-state index < -0.39 is 5.91 Å². The second-order valence-electron chi connectivity index (χ2n) is 5.31. The van der Waals surface area contributed by atoms with Crippen LogP contribution < -0.4 is 11.5 Å². The molecule has 5 N–H and O–H groups in total. The molecule has 2 aromatic carbocycles. The van der Waals surface area contributed by atoms with E-state index in [0.29, 0.717) is 11.3 Å². The van der Waals surface area contributed by atoms with E-state index in [0.717, 1.165) is 32.3 Å². The topological polar surface area (TPSA) is 89.3 Å². The first-order chi connectivity index (χ1) is 10.4. The molecular formula is C17H16N2O2S. The third-order valence-electron chi connectivity index (χ3n) is 3.96. The summed E-state index contributed by atoms with van der Waals surface area (Å²) in [4.78, 5) is 11.9. The lowest BCUT2D eigenvalue weighted by Gasteiger charge is -2.16. The molecule has 0 atom stereocenters. The number of anilines is 1. The summed E-state index contributed by atoms with van der Waals surface area (Å²) in [6, 6.07) is 7.29. The fourth-order valence-electron chi connectivity index (χ4n) is 2.85. The van der Waals surface area contributed by atoms with Crippen LogP contribution in [0.3, 0.4) is 0 Å². The highest BCUT2D eigenvalue weighted by atomic mass is 32.1. The first kappa shape index (κ1) is 14.4. The van der Waals surface area contributed by atoms with Crippen molar-refractivity contribution >= 4 is 33.0 Å². The van der Waals surface area contributed by atoms with Crippen LogP contribution in [0.1, 0.15) is 21.5 Å². The Morgan fingerprint density at radius 1 is 1.23 bits per heavy atom. The smallest absolute Gasteiger partial charge is 0.251 e. The molecule has 0 aliphatic rings. The Kier molecular flexibility index (Phi) is 3.30. The molecular weight excluding hydrogens is 296 g/mol.